The molecule has 0 saturated carbocycles. The Balaban J connectivity index is 1.71. The van der Waals surface area contributed by atoms with Gasteiger partial charge < -0.3 is 14.6 Å². The minimum absolute atomic E-state index is 0.130. The highest BCUT2D eigenvalue weighted by Gasteiger charge is 2.11. The molecule has 0 aliphatic carbocycles. The molecule has 0 amide bonds. The lowest BCUT2D eigenvalue weighted by molar-refractivity contribution is 0.464. The number of benzene rings is 1. The van der Waals surface area contributed by atoms with Gasteiger partial charge in [-0.1, -0.05) is 18.2 Å². The van der Waals surface area contributed by atoms with Crippen molar-refractivity contribution in [2.75, 3.05) is 25.1 Å². The standard InChI is InChI=1S/C17H20N4O3S/c1-25(22,23)12-9-18-8-11-21-10-7-15-16(21)17(20-13-19-15)24-14-5-3-2-4-6-14/h2-7,10,13,18H,8-9,11-12H2,1H3. The van der Waals surface area contributed by atoms with Gasteiger partial charge in [0, 0.05) is 32.1 Å². The van der Waals surface area contributed by atoms with Crippen molar-refractivity contribution in [3.8, 4) is 11.6 Å². The first-order valence-electron chi connectivity index (χ1n) is 7.94. The van der Waals surface area contributed by atoms with Crippen LogP contribution in [0, 0.1) is 0 Å². The van der Waals surface area contributed by atoms with Gasteiger partial charge >= 0.3 is 0 Å². The van der Waals surface area contributed by atoms with Crippen LogP contribution in [0.25, 0.3) is 11.0 Å². The van der Waals surface area contributed by atoms with Crippen molar-refractivity contribution in [3.05, 3.63) is 48.9 Å². The fourth-order valence-electron chi connectivity index (χ4n) is 2.45. The summed E-state index contributed by atoms with van der Waals surface area (Å²) in [5, 5.41) is 3.13. The molecule has 0 fully saturated rings. The molecule has 2 heterocycles. The number of fused-ring (bicyclic) bond motifs is 1. The maximum absolute atomic E-state index is 11.1. The third kappa shape index (κ3) is 4.77. The summed E-state index contributed by atoms with van der Waals surface area (Å²) in [5.74, 6) is 1.34. The average Bonchev–Trinajstić information content (AvgIpc) is 2.99. The van der Waals surface area contributed by atoms with Crippen molar-refractivity contribution in [2.45, 2.75) is 6.54 Å². The zero-order valence-corrected chi connectivity index (χ0v) is 14.7. The van der Waals surface area contributed by atoms with Gasteiger partial charge in [-0.15, -0.1) is 0 Å². The summed E-state index contributed by atoms with van der Waals surface area (Å²) in [6, 6.07) is 11.4. The maximum Gasteiger partial charge on any atom is 0.247 e. The summed E-state index contributed by atoms with van der Waals surface area (Å²) in [6.45, 7) is 1.73. The number of hydrogen-bond acceptors (Lipinski definition) is 6. The molecule has 0 aliphatic rings. The van der Waals surface area contributed by atoms with E-state index in [4.69, 9.17) is 4.74 Å². The van der Waals surface area contributed by atoms with E-state index in [0.717, 1.165) is 11.0 Å². The van der Waals surface area contributed by atoms with Crippen LogP contribution >= 0.6 is 0 Å². The van der Waals surface area contributed by atoms with E-state index in [-0.39, 0.29) is 5.75 Å². The van der Waals surface area contributed by atoms with E-state index in [0.29, 0.717) is 31.3 Å². The summed E-state index contributed by atoms with van der Waals surface area (Å²) in [4.78, 5) is 8.53. The summed E-state index contributed by atoms with van der Waals surface area (Å²) in [5.41, 5.74) is 1.62. The molecule has 0 unspecified atom stereocenters. The minimum Gasteiger partial charge on any atom is -0.437 e. The molecular weight excluding hydrogens is 340 g/mol. The van der Waals surface area contributed by atoms with Crippen molar-refractivity contribution >= 4 is 20.9 Å². The Morgan fingerprint density at radius 1 is 1.12 bits per heavy atom. The number of sulfone groups is 1. The van der Waals surface area contributed by atoms with Crippen LogP contribution in [0.2, 0.25) is 0 Å². The highest BCUT2D eigenvalue weighted by molar-refractivity contribution is 7.90. The molecule has 8 heteroatoms. The van der Waals surface area contributed by atoms with Crippen LogP contribution in [0.15, 0.2) is 48.9 Å². The van der Waals surface area contributed by atoms with E-state index in [1.165, 1.54) is 12.6 Å². The predicted molar refractivity (Wildman–Crippen MR) is 96.6 cm³/mol. The van der Waals surface area contributed by atoms with Crippen molar-refractivity contribution in [1.82, 2.24) is 19.9 Å². The highest BCUT2D eigenvalue weighted by atomic mass is 32.2. The smallest absolute Gasteiger partial charge is 0.247 e. The monoisotopic (exact) mass is 360 g/mol. The fraction of sp³-hybridized carbons (Fsp3) is 0.294. The first-order chi connectivity index (χ1) is 12.0. The molecule has 132 valence electrons. The topological polar surface area (TPSA) is 86.1 Å². The molecule has 1 N–H and O–H groups in total. The minimum atomic E-state index is -2.94. The number of rotatable bonds is 8. The van der Waals surface area contributed by atoms with Crippen LogP contribution in [0.3, 0.4) is 0 Å². The summed E-state index contributed by atoms with van der Waals surface area (Å²) >= 11 is 0. The lowest BCUT2D eigenvalue weighted by atomic mass is 10.3. The Morgan fingerprint density at radius 3 is 2.68 bits per heavy atom. The molecule has 0 atom stereocenters. The van der Waals surface area contributed by atoms with Gasteiger partial charge in [0.15, 0.2) is 0 Å². The van der Waals surface area contributed by atoms with Crippen molar-refractivity contribution in [1.29, 1.82) is 0 Å². The third-order valence-electron chi connectivity index (χ3n) is 3.65. The van der Waals surface area contributed by atoms with E-state index < -0.39 is 9.84 Å². The first kappa shape index (κ1) is 17.4. The van der Waals surface area contributed by atoms with Gasteiger partial charge in [-0.2, -0.15) is 4.98 Å². The molecule has 0 radical (unpaired) electrons. The Labute approximate surface area is 146 Å². The molecule has 0 aliphatic heterocycles. The molecule has 0 spiro atoms. The average molecular weight is 360 g/mol. The SMILES string of the molecule is CS(=O)(=O)CCNCCn1ccc2ncnc(Oc3ccccc3)c21. The largest absolute Gasteiger partial charge is 0.437 e. The van der Waals surface area contributed by atoms with E-state index in [2.05, 4.69) is 15.3 Å². The number of nitrogens with zero attached hydrogens (tertiary/aromatic N) is 3. The third-order valence-corrected chi connectivity index (χ3v) is 4.60. The lowest BCUT2D eigenvalue weighted by Gasteiger charge is -2.10. The van der Waals surface area contributed by atoms with Gasteiger partial charge in [-0.25, -0.2) is 13.4 Å². The van der Waals surface area contributed by atoms with Gasteiger partial charge in [0.05, 0.1) is 11.3 Å². The zero-order chi connectivity index (χ0) is 17.7. The number of aromatic nitrogens is 3. The molecule has 3 rings (SSSR count). The molecule has 2 aromatic heterocycles. The molecule has 0 saturated heterocycles. The molecule has 1 aromatic carbocycles. The highest BCUT2D eigenvalue weighted by Crippen LogP contribution is 2.27. The normalized spacial score (nSPS) is 11.7. The Morgan fingerprint density at radius 2 is 1.92 bits per heavy atom. The number of ether oxygens (including phenoxy) is 1. The predicted octanol–water partition coefficient (Wildman–Crippen LogP) is 1.86. The molecule has 7 nitrogen and oxygen atoms in total. The van der Waals surface area contributed by atoms with E-state index in [9.17, 15) is 8.42 Å². The van der Waals surface area contributed by atoms with Gasteiger partial charge in [0.25, 0.3) is 0 Å². The Bertz CT molecular complexity index is 939. The second kappa shape index (κ2) is 7.62. The van der Waals surface area contributed by atoms with Crippen LogP contribution < -0.4 is 10.1 Å². The summed E-state index contributed by atoms with van der Waals surface area (Å²) < 4.78 is 30.2. The Hall–Kier alpha value is -2.45. The summed E-state index contributed by atoms with van der Waals surface area (Å²) in [7, 11) is -2.94. The van der Waals surface area contributed by atoms with E-state index in [1.807, 2.05) is 47.2 Å². The van der Waals surface area contributed by atoms with Crippen LogP contribution in [-0.2, 0) is 16.4 Å². The van der Waals surface area contributed by atoms with Gasteiger partial charge in [0.2, 0.25) is 5.88 Å². The number of nitrogens with one attached hydrogen (secondary N) is 1. The fourth-order valence-corrected chi connectivity index (χ4v) is 2.96. The van der Waals surface area contributed by atoms with Crippen molar-refractivity contribution < 1.29 is 13.2 Å². The van der Waals surface area contributed by atoms with Gasteiger partial charge in [-0.05, 0) is 18.2 Å². The number of hydrogen-bond donors (Lipinski definition) is 1. The second-order valence-corrected chi connectivity index (χ2v) is 7.98. The van der Waals surface area contributed by atoms with E-state index >= 15 is 0 Å². The molecule has 3 aromatic rings. The number of para-hydroxylation sites is 1. The molecule has 25 heavy (non-hydrogen) atoms. The van der Waals surface area contributed by atoms with Crippen LogP contribution in [-0.4, -0.2) is 48.1 Å². The Kier molecular flexibility index (Phi) is 5.30. The van der Waals surface area contributed by atoms with E-state index in [1.54, 1.807) is 0 Å². The quantitative estimate of drug-likeness (QED) is 0.617. The second-order valence-electron chi connectivity index (χ2n) is 5.72. The maximum atomic E-state index is 11.1. The summed E-state index contributed by atoms with van der Waals surface area (Å²) in [6.07, 6.45) is 4.64. The zero-order valence-electron chi connectivity index (χ0n) is 13.9. The molecule has 0 bridgehead atoms. The molecular formula is C17H20N4O3S. The van der Waals surface area contributed by atoms with Crippen LogP contribution in [0.4, 0.5) is 0 Å². The first-order valence-corrected chi connectivity index (χ1v) is 10.0. The lowest BCUT2D eigenvalue weighted by Crippen LogP contribution is -2.25. The van der Waals surface area contributed by atoms with Crippen LogP contribution in [0.5, 0.6) is 11.6 Å². The van der Waals surface area contributed by atoms with Crippen LogP contribution in [0.1, 0.15) is 0 Å². The van der Waals surface area contributed by atoms with Crippen molar-refractivity contribution in [3.63, 3.8) is 0 Å². The van der Waals surface area contributed by atoms with Crippen molar-refractivity contribution in [2.24, 2.45) is 0 Å². The van der Waals surface area contributed by atoms with Gasteiger partial charge in [0.1, 0.15) is 27.4 Å². The van der Waals surface area contributed by atoms with Gasteiger partial charge in [-0.3, -0.25) is 0 Å².